The molecule has 0 fully saturated rings. The lowest BCUT2D eigenvalue weighted by atomic mass is 10.3. The van der Waals surface area contributed by atoms with E-state index in [4.69, 9.17) is 5.11 Å². The molecule has 0 aliphatic rings. The van der Waals surface area contributed by atoms with Crippen LogP contribution < -0.4 is 10.2 Å². The Kier molecular flexibility index (Phi) is 4.29. The van der Waals surface area contributed by atoms with Crippen LogP contribution in [0, 0.1) is 0 Å². The molecule has 2 aromatic rings. The van der Waals surface area contributed by atoms with Crippen LogP contribution in [0.15, 0.2) is 24.3 Å². The minimum Gasteiger partial charge on any atom is -0.508 e. The fourth-order valence-electron chi connectivity index (χ4n) is 1.56. The zero-order valence-corrected chi connectivity index (χ0v) is 10.7. The minimum atomic E-state index is -1.17. The third kappa shape index (κ3) is 3.89. The zero-order chi connectivity index (χ0) is 15.2. The zero-order valence-electron chi connectivity index (χ0n) is 10.7. The molecule has 0 unspecified atom stereocenters. The van der Waals surface area contributed by atoms with Gasteiger partial charge in [0.15, 0.2) is 5.82 Å². The normalized spacial score (nSPS) is 10.1. The number of carbonyl (C=O) groups excluding carboxylic acids is 1. The number of aromatic nitrogens is 4. The number of nitrogens with one attached hydrogen (secondary N) is 2. The minimum absolute atomic E-state index is 0.00351. The molecular weight excluding hydrogens is 280 g/mol. The average molecular weight is 292 g/mol. The van der Waals surface area contributed by atoms with Crippen molar-refractivity contribution in [3.8, 4) is 5.75 Å². The van der Waals surface area contributed by atoms with Gasteiger partial charge >= 0.3 is 12.0 Å². The van der Waals surface area contributed by atoms with E-state index in [1.54, 1.807) is 0 Å². The van der Waals surface area contributed by atoms with Crippen LogP contribution in [0.4, 0.5) is 10.5 Å². The van der Waals surface area contributed by atoms with Gasteiger partial charge in [-0.15, -0.1) is 10.2 Å². The maximum atomic E-state index is 12.1. The van der Waals surface area contributed by atoms with Crippen molar-refractivity contribution in [3.05, 3.63) is 30.1 Å². The number of hydrogen-bond donors (Lipinski definition) is 4. The van der Waals surface area contributed by atoms with Crippen LogP contribution in [-0.2, 0) is 11.3 Å². The Labute approximate surface area is 118 Å². The Bertz CT molecular complexity index is 612. The Morgan fingerprint density at radius 1 is 1.29 bits per heavy atom. The van der Waals surface area contributed by atoms with Crippen molar-refractivity contribution in [3.63, 3.8) is 0 Å². The Morgan fingerprint density at radius 2 is 2.00 bits per heavy atom. The number of anilines is 1. The molecule has 1 heterocycles. The van der Waals surface area contributed by atoms with Crippen molar-refractivity contribution < 1.29 is 19.8 Å². The van der Waals surface area contributed by atoms with Crippen LogP contribution in [0.2, 0.25) is 0 Å². The van der Waals surface area contributed by atoms with Gasteiger partial charge in [-0.25, -0.2) is 4.79 Å². The van der Waals surface area contributed by atoms with Gasteiger partial charge in [0, 0.05) is 5.69 Å². The van der Waals surface area contributed by atoms with E-state index in [9.17, 15) is 14.7 Å². The number of H-pyrrole nitrogens is 1. The van der Waals surface area contributed by atoms with Gasteiger partial charge in [0.2, 0.25) is 0 Å². The number of tetrazole rings is 1. The van der Waals surface area contributed by atoms with Crippen LogP contribution in [0.5, 0.6) is 5.75 Å². The van der Waals surface area contributed by atoms with E-state index in [1.165, 1.54) is 24.3 Å². The number of phenolic OH excluding ortho intramolecular Hbond substituents is 1. The van der Waals surface area contributed by atoms with Gasteiger partial charge in [0.05, 0.1) is 6.54 Å². The fourth-order valence-corrected chi connectivity index (χ4v) is 1.56. The molecule has 4 N–H and O–H groups in total. The van der Waals surface area contributed by atoms with Crippen molar-refractivity contribution in [2.45, 2.75) is 6.54 Å². The third-order valence-electron chi connectivity index (χ3n) is 2.49. The highest BCUT2D eigenvalue weighted by molar-refractivity contribution is 5.96. The van der Waals surface area contributed by atoms with Gasteiger partial charge in [0.1, 0.15) is 12.3 Å². The molecule has 110 valence electrons. The lowest BCUT2D eigenvalue weighted by molar-refractivity contribution is -0.135. The highest BCUT2D eigenvalue weighted by Gasteiger charge is 2.19. The predicted octanol–water partition coefficient (Wildman–Crippen LogP) is -0.294. The standard InChI is InChI=1S/C11H12N6O4/c18-8-3-1-7(2-4-8)17(6-10(19)20)11(21)12-5-9-13-15-16-14-9/h1-4,18H,5-6H2,(H,12,21)(H,19,20)(H,13,14,15,16). The maximum Gasteiger partial charge on any atom is 0.323 e. The first-order valence-electron chi connectivity index (χ1n) is 5.85. The highest BCUT2D eigenvalue weighted by Crippen LogP contribution is 2.18. The first-order valence-corrected chi connectivity index (χ1v) is 5.85. The summed E-state index contributed by atoms with van der Waals surface area (Å²) in [5, 5.41) is 33.5. The fraction of sp³-hybridized carbons (Fsp3) is 0.182. The van der Waals surface area contributed by atoms with Gasteiger partial charge in [-0.3, -0.25) is 9.69 Å². The Morgan fingerprint density at radius 3 is 2.57 bits per heavy atom. The van der Waals surface area contributed by atoms with Gasteiger partial charge in [-0.1, -0.05) is 5.21 Å². The van der Waals surface area contributed by atoms with E-state index in [0.717, 1.165) is 4.90 Å². The van der Waals surface area contributed by atoms with Crippen molar-refractivity contribution in [1.82, 2.24) is 25.9 Å². The largest absolute Gasteiger partial charge is 0.508 e. The SMILES string of the molecule is O=C(O)CN(C(=O)NCc1nn[nH]n1)c1ccc(O)cc1. The van der Waals surface area contributed by atoms with Crippen molar-refractivity contribution in [2.24, 2.45) is 0 Å². The van der Waals surface area contributed by atoms with E-state index in [1.807, 2.05) is 0 Å². The molecule has 0 spiro atoms. The number of urea groups is 1. The number of carboxylic acid groups (broad SMARTS) is 1. The lowest BCUT2D eigenvalue weighted by Gasteiger charge is -2.21. The number of aliphatic carboxylic acids is 1. The second-order valence-electron chi connectivity index (χ2n) is 3.98. The van der Waals surface area contributed by atoms with Crippen molar-refractivity contribution >= 4 is 17.7 Å². The molecule has 0 saturated heterocycles. The highest BCUT2D eigenvalue weighted by atomic mass is 16.4. The van der Waals surface area contributed by atoms with E-state index in [0.29, 0.717) is 5.69 Å². The summed E-state index contributed by atoms with van der Waals surface area (Å²) in [5.74, 6) is -0.886. The predicted molar refractivity (Wildman–Crippen MR) is 69.5 cm³/mol. The van der Waals surface area contributed by atoms with E-state index < -0.39 is 18.5 Å². The molecule has 2 amide bonds. The summed E-state index contributed by atoms with van der Waals surface area (Å²) in [6.07, 6.45) is 0. The first kappa shape index (κ1) is 14.2. The molecule has 0 radical (unpaired) electrons. The summed E-state index contributed by atoms with van der Waals surface area (Å²) in [6.45, 7) is -0.521. The number of carbonyl (C=O) groups is 2. The quantitative estimate of drug-likeness (QED) is 0.592. The van der Waals surface area contributed by atoms with E-state index in [2.05, 4.69) is 25.9 Å². The van der Waals surface area contributed by atoms with Gasteiger partial charge < -0.3 is 15.5 Å². The molecule has 21 heavy (non-hydrogen) atoms. The molecule has 10 nitrogen and oxygen atoms in total. The molecule has 0 atom stereocenters. The maximum absolute atomic E-state index is 12.1. The van der Waals surface area contributed by atoms with Crippen LogP contribution >= 0.6 is 0 Å². The monoisotopic (exact) mass is 292 g/mol. The van der Waals surface area contributed by atoms with Crippen LogP contribution in [-0.4, -0.2) is 49.4 Å². The molecule has 0 aliphatic heterocycles. The number of aromatic amines is 1. The number of hydrogen-bond acceptors (Lipinski definition) is 6. The lowest BCUT2D eigenvalue weighted by Crippen LogP contribution is -2.42. The summed E-state index contributed by atoms with van der Waals surface area (Å²) in [7, 11) is 0. The molecule has 0 bridgehead atoms. The summed E-state index contributed by atoms with van der Waals surface area (Å²) in [5.41, 5.74) is 0.334. The van der Waals surface area contributed by atoms with Crippen molar-refractivity contribution in [1.29, 1.82) is 0 Å². The van der Waals surface area contributed by atoms with Gasteiger partial charge in [0.25, 0.3) is 0 Å². The number of phenols is 1. The Hall–Kier alpha value is -3.17. The summed E-state index contributed by atoms with van der Waals surface area (Å²) in [6, 6.07) is 4.96. The third-order valence-corrected chi connectivity index (χ3v) is 2.49. The van der Waals surface area contributed by atoms with E-state index >= 15 is 0 Å². The van der Waals surface area contributed by atoms with Gasteiger partial charge in [-0.2, -0.15) is 5.21 Å². The number of amides is 2. The van der Waals surface area contributed by atoms with Crippen LogP contribution in [0.1, 0.15) is 5.82 Å². The number of carboxylic acids is 1. The topological polar surface area (TPSA) is 144 Å². The molecule has 0 saturated carbocycles. The molecule has 0 aliphatic carbocycles. The molecule has 1 aromatic heterocycles. The second-order valence-corrected chi connectivity index (χ2v) is 3.98. The molecular formula is C11H12N6O4. The molecule has 1 aromatic carbocycles. The first-order chi connectivity index (χ1) is 10.1. The van der Waals surface area contributed by atoms with Gasteiger partial charge in [-0.05, 0) is 24.3 Å². The number of aromatic hydroxyl groups is 1. The number of rotatable bonds is 5. The second kappa shape index (κ2) is 6.32. The van der Waals surface area contributed by atoms with Crippen molar-refractivity contribution in [2.75, 3.05) is 11.4 Å². The van der Waals surface area contributed by atoms with Crippen LogP contribution in [0.3, 0.4) is 0 Å². The number of nitrogens with zero attached hydrogens (tertiary/aromatic N) is 4. The molecule has 2 rings (SSSR count). The van der Waals surface area contributed by atoms with E-state index in [-0.39, 0.29) is 18.1 Å². The average Bonchev–Trinajstić information content (AvgIpc) is 2.96. The summed E-state index contributed by atoms with van der Waals surface area (Å²) >= 11 is 0. The summed E-state index contributed by atoms with van der Waals surface area (Å²) in [4.78, 5) is 24.0. The summed E-state index contributed by atoms with van der Waals surface area (Å²) < 4.78 is 0. The molecule has 10 heteroatoms. The smallest absolute Gasteiger partial charge is 0.323 e. The Balaban J connectivity index is 2.09. The number of benzene rings is 1. The van der Waals surface area contributed by atoms with Crippen LogP contribution in [0.25, 0.3) is 0 Å².